The van der Waals surface area contributed by atoms with Crippen LogP contribution < -0.4 is 5.43 Å². The van der Waals surface area contributed by atoms with Crippen LogP contribution in [0.3, 0.4) is 0 Å². The fourth-order valence-corrected chi connectivity index (χ4v) is 3.68. The number of hydrogen-bond acceptors (Lipinski definition) is 2. The van der Waals surface area contributed by atoms with Crippen molar-refractivity contribution < 1.29 is 0 Å². The molecule has 0 bridgehead atoms. The van der Waals surface area contributed by atoms with Gasteiger partial charge in [0.2, 0.25) is 0 Å². The lowest BCUT2D eigenvalue weighted by atomic mass is 10.0. The Hall–Kier alpha value is -2.10. The summed E-state index contributed by atoms with van der Waals surface area (Å²) in [6.45, 7) is 4.61. The van der Waals surface area contributed by atoms with E-state index in [2.05, 4.69) is 41.1 Å². The van der Waals surface area contributed by atoms with Crippen LogP contribution in [0.25, 0.3) is 10.9 Å². The van der Waals surface area contributed by atoms with Gasteiger partial charge in [0.15, 0.2) is 5.43 Å². The summed E-state index contributed by atoms with van der Waals surface area (Å²) in [7, 11) is 0. The summed E-state index contributed by atoms with van der Waals surface area (Å²) in [5.74, 6) is 0. The van der Waals surface area contributed by atoms with Gasteiger partial charge in [0.1, 0.15) is 0 Å². The van der Waals surface area contributed by atoms with E-state index in [1.54, 1.807) is 6.07 Å². The van der Waals surface area contributed by atoms with Gasteiger partial charge in [0.25, 0.3) is 0 Å². The van der Waals surface area contributed by atoms with E-state index in [1.807, 2.05) is 12.1 Å². The van der Waals surface area contributed by atoms with Crippen molar-refractivity contribution in [2.75, 3.05) is 6.54 Å². The van der Waals surface area contributed by atoms with Crippen LogP contribution in [0.4, 0.5) is 0 Å². The lowest BCUT2D eigenvalue weighted by molar-refractivity contribution is 0.243. The lowest BCUT2D eigenvalue weighted by Crippen LogP contribution is -2.34. The highest BCUT2D eigenvalue weighted by Crippen LogP contribution is 2.22. The van der Waals surface area contributed by atoms with Crippen molar-refractivity contribution >= 4 is 22.5 Å². The average Bonchev–Trinajstić information content (AvgIpc) is 2.56. The van der Waals surface area contributed by atoms with Crippen LogP contribution in [-0.2, 0) is 19.5 Å². The maximum absolute atomic E-state index is 12.9. The van der Waals surface area contributed by atoms with Crippen LogP contribution in [-0.4, -0.2) is 16.4 Å². The molecule has 0 unspecified atom stereocenters. The summed E-state index contributed by atoms with van der Waals surface area (Å²) in [5.41, 5.74) is 5.48. The fourth-order valence-electron chi connectivity index (χ4n) is 3.51. The Bertz CT molecular complexity index is 977. The molecule has 4 rings (SSSR count). The maximum Gasteiger partial charge on any atom is 0.194 e. The van der Waals surface area contributed by atoms with Gasteiger partial charge in [-0.25, -0.2) is 0 Å². The first kappa shape index (κ1) is 15.4. The molecule has 0 fully saturated rings. The monoisotopic (exact) mass is 338 g/mol. The number of pyridine rings is 1. The summed E-state index contributed by atoms with van der Waals surface area (Å²) in [5, 5.41) is 1.28. The number of halogens is 1. The standard InChI is InChI=1S/C20H19ClN2O/c1-13-3-2-4-14(9-13)11-23-8-7-19-17(12-23)20(24)16-10-15(21)5-6-18(16)22-19/h2-6,9-10H,7-8,11-12H2,1H3,(H,22,24). The van der Waals surface area contributed by atoms with Gasteiger partial charge >= 0.3 is 0 Å². The Balaban J connectivity index is 1.68. The molecule has 0 spiro atoms. The third-order valence-electron chi connectivity index (χ3n) is 4.70. The number of aromatic nitrogens is 1. The average molecular weight is 339 g/mol. The minimum absolute atomic E-state index is 0.107. The first-order valence-corrected chi connectivity index (χ1v) is 8.59. The van der Waals surface area contributed by atoms with Gasteiger partial charge in [-0.05, 0) is 30.7 Å². The Kier molecular flexibility index (Phi) is 3.91. The number of H-pyrrole nitrogens is 1. The van der Waals surface area contributed by atoms with Crippen molar-refractivity contribution in [3.05, 3.63) is 80.1 Å². The predicted molar refractivity (Wildman–Crippen MR) is 98.6 cm³/mol. The highest BCUT2D eigenvalue weighted by Gasteiger charge is 2.21. The molecule has 3 nitrogen and oxygen atoms in total. The second-order valence-electron chi connectivity index (χ2n) is 6.55. The summed E-state index contributed by atoms with van der Waals surface area (Å²) < 4.78 is 0. The molecule has 24 heavy (non-hydrogen) atoms. The van der Waals surface area contributed by atoms with E-state index in [4.69, 9.17) is 11.6 Å². The Morgan fingerprint density at radius 1 is 1.21 bits per heavy atom. The van der Waals surface area contributed by atoms with Gasteiger partial charge in [-0.2, -0.15) is 0 Å². The normalized spacial score (nSPS) is 14.8. The Labute approximate surface area is 145 Å². The third kappa shape index (κ3) is 2.85. The molecule has 0 saturated heterocycles. The van der Waals surface area contributed by atoms with Gasteiger partial charge in [-0.1, -0.05) is 41.4 Å². The van der Waals surface area contributed by atoms with Crippen LogP contribution in [0.2, 0.25) is 5.02 Å². The molecule has 0 amide bonds. The summed E-state index contributed by atoms with van der Waals surface area (Å²) in [4.78, 5) is 18.6. The smallest absolute Gasteiger partial charge is 0.194 e. The minimum Gasteiger partial charge on any atom is -0.358 e. The number of fused-ring (bicyclic) bond motifs is 2. The number of rotatable bonds is 2. The predicted octanol–water partition coefficient (Wildman–Crippen LogP) is 4.05. The number of aromatic amines is 1. The van der Waals surface area contributed by atoms with Crippen molar-refractivity contribution in [1.29, 1.82) is 0 Å². The van der Waals surface area contributed by atoms with E-state index in [-0.39, 0.29) is 5.43 Å². The molecule has 1 aromatic heterocycles. The quantitative estimate of drug-likeness (QED) is 0.765. The topological polar surface area (TPSA) is 36.1 Å². The van der Waals surface area contributed by atoms with Crippen LogP contribution in [0.1, 0.15) is 22.4 Å². The van der Waals surface area contributed by atoms with E-state index < -0.39 is 0 Å². The highest BCUT2D eigenvalue weighted by atomic mass is 35.5. The zero-order chi connectivity index (χ0) is 16.7. The zero-order valence-electron chi connectivity index (χ0n) is 13.6. The molecular weight excluding hydrogens is 320 g/mol. The molecule has 122 valence electrons. The summed E-state index contributed by atoms with van der Waals surface area (Å²) >= 11 is 6.06. The van der Waals surface area contributed by atoms with Crippen molar-refractivity contribution in [3.63, 3.8) is 0 Å². The van der Waals surface area contributed by atoms with E-state index in [1.165, 1.54) is 11.1 Å². The number of aryl methyl sites for hydroxylation is 1. The molecule has 0 atom stereocenters. The van der Waals surface area contributed by atoms with Gasteiger partial charge in [-0.3, -0.25) is 9.69 Å². The van der Waals surface area contributed by atoms with Gasteiger partial charge < -0.3 is 4.98 Å². The Morgan fingerprint density at radius 3 is 2.92 bits per heavy atom. The third-order valence-corrected chi connectivity index (χ3v) is 4.93. The SMILES string of the molecule is Cc1cccc(CN2CCc3[nH]c4ccc(Cl)cc4c(=O)c3C2)c1. The van der Waals surface area contributed by atoms with E-state index in [0.29, 0.717) is 17.0 Å². The molecular formula is C20H19ClN2O. The zero-order valence-corrected chi connectivity index (χ0v) is 14.4. The molecule has 0 aliphatic carbocycles. The van der Waals surface area contributed by atoms with Crippen LogP contribution in [0.15, 0.2) is 47.3 Å². The first-order valence-electron chi connectivity index (χ1n) is 8.21. The number of hydrogen-bond donors (Lipinski definition) is 1. The highest BCUT2D eigenvalue weighted by molar-refractivity contribution is 6.31. The van der Waals surface area contributed by atoms with Crippen molar-refractivity contribution in [3.8, 4) is 0 Å². The van der Waals surface area contributed by atoms with Crippen LogP contribution in [0, 0.1) is 6.92 Å². The molecule has 1 aliphatic rings. The largest absolute Gasteiger partial charge is 0.358 e. The van der Waals surface area contributed by atoms with Gasteiger partial charge in [-0.15, -0.1) is 0 Å². The van der Waals surface area contributed by atoms with Crippen molar-refractivity contribution in [2.45, 2.75) is 26.4 Å². The molecule has 4 heteroatoms. The first-order chi connectivity index (χ1) is 11.6. The van der Waals surface area contributed by atoms with Gasteiger partial charge in [0.05, 0.1) is 0 Å². The van der Waals surface area contributed by atoms with E-state index in [9.17, 15) is 4.79 Å². The maximum atomic E-state index is 12.9. The van der Waals surface area contributed by atoms with Crippen molar-refractivity contribution in [1.82, 2.24) is 9.88 Å². The minimum atomic E-state index is 0.107. The van der Waals surface area contributed by atoms with Gasteiger partial charge in [0, 0.05) is 53.2 Å². The van der Waals surface area contributed by atoms with Crippen molar-refractivity contribution in [2.24, 2.45) is 0 Å². The molecule has 0 saturated carbocycles. The van der Waals surface area contributed by atoms with E-state index >= 15 is 0 Å². The summed E-state index contributed by atoms with van der Waals surface area (Å²) in [6.07, 6.45) is 0.870. The summed E-state index contributed by atoms with van der Waals surface area (Å²) in [6, 6.07) is 14.0. The van der Waals surface area contributed by atoms with Crippen LogP contribution in [0.5, 0.6) is 0 Å². The lowest BCUT2D eigenvalue weighted by Gasteiger charge is -2.28. The molecule has 1 N–H and O–H groups in total. The number of benzene rings is 2. The van der Waals surface area contributed by atoms with E-state index in [0.717, 1.165) is 36.3 Å². The molecule has 0 radical (unpaired) electrons. The molecule has 2 aromatic carbocycles. The fraction of sp³-hybridized carbons (Fsp3) is 0.250. The molecule has 3 aromatic rings. The second kappa shape index (κ2) is 6.08. The van der Waals surface area contributed by atoms with Crippen LogP contribution >= 0.6 is 11.6 Å². The Morgan fingerprint density at radius 2 is 2.08 bits per heavy atom. The second-order valence-corrected chi connectivity index (χ2v) is 6.99. The molecule has 1 aliphatic heterocycles. The number of nitrogens with zero attached hydrogens (tertiary/aromatic N) is 1. The molecule has 2 heterocycles. The number of nitrogens with one attached hydrogen (secondary N) is 1.